The molecular formula is C28H31N5O4. The molecule has 0 saturated carbocycles. The third-order valence-corrected chi connectivity index (χ3v) is 6.62. The van der Waals surface area contributed by atoms with Gasteiger partial charge in [-0.05, 0) is 70.3 Å². The Kier molecular flexibility index (Phi) is 7.93. The van der Waals surface area contributed by atoms with Gasteiger partial charge in [-0.25, -0.2) is 24.1 Å². The number of benzene rings is 1. The highest BCUT2D eigenvalue weighted by Crippen LogP contribution is 2.25. The molecule has 9 nitrogen and oxygen atoms in total. The van der Waals surface area contributed by atoms with Crippen molar-refractivity contribution in [2.45, 2.75) is 46.1 Å². The molecule has 3 aromatic heterocycles. The number of aryl methyl sites for hydroxylation is 2. The minimum atomic E-state index is -1.26. The van der Waals surface area contributed by atoms with Gasteiger partial charge in [-0.2, -0.15) is 5.10 Å². The Balaban J connectivity index is 0.000000349. The lowest BCUT2D eigenvalue weighted by molar-refractivity contribution is -0.134. The van der Waals surface area contributed by atoms with Gasteiger partial charge < -0.3 is 15.1 Å². The number of aliphatic carboxylic acids is 2. The first-order valence-electron chi connectivity index (χ1n) is 12.3. The Labute approximate surface area is 215 Å². The number of rotatable bonds is 6. The van der Waals surface area contributed by atoms with Crippen LogP contribution in [-0.4, -0.2) is 65.8 Å². The largest absolute Gasteiger partial charge is 0.478 e. The molecule has 4 aromatic rings. The molecule has 37 heavy (non-hydrogen) atoms. The van der Waals surface area contributed by atoms with E-state index in [1.54, 1.807) is 0 Å². The van der Waals surface area contributed by atoms with Gasteiger partial charge in [0.15, 0.2) is 5.65 Å². The van der Waals surface area contributed by atoms with Gasteiger partial charge in [0.2, 0.25) is 0 Å². The second-order valence-electron chi connectivity index (χ2n) is 9.32. The number of fused-ring (bicyclic) bond motifs is 2. The van der Waals surface area contributed by atoms with Crippen LogP contribution in [0.1, 0.15) is 36.7 Å². The van der Waals surface area contributed by atoms with Crippen LogP contribution in [0, 0.1) is 13.8 Å². The molecular weight excluding hydrogens is 470 g/mol. The summed E-state index contributed by atoms with van der Waals surface area (Å²) in [6.07, 6.45) is 6.79. The van der Waals surface area contributed by atoms with Crippen molar-refractivity contribution in [3.05, 3.63) is 71.7 Å². The Bertz CT molecular complexity index is 1460. The fraction of sp³-hybridized carbons (Fsp3) is 0.321. The highest BCUT2D eigenvalue weighted by Gasteiger charge is 2.19. The van der Waals surface area contributed by atoms with Crippen molar-refractivity contribution in [1.29, 1.82) is 0 Å². The molecule has 1 saturated heterocycles. The average Bonchev–Trinajstić information content (AvgIpc) is 3.46. The van der Waals surface area contributed by atoms with Gasteiger partial charge in [-0.1, -0.05) is 12.1 Å². The zero-order valence-electron chi connectivity index (χ0n) is 21.3. The summed E-state index contributed by atoms with van der Waals surface area (Å²) in [6.45, 7) is 8.80. The van der Waals surface area contributed by atoms with Crippen molar-refractivity contribution < 1.29 is 19.8 Å². The van der Waals surface area contributed by atoms with Crippen LogP contribution in [0.5, 0.6) is 0 Å². The van der Waals surface area contributed by atoms with Crippen molar-refractivity contribution in [3.63, 3.8) is 0 Å². The fourth-order valence-corrected chi connectivity index (χ4v) is 4.64. The Hall–Kier alpha value is -4.11. The SMILES string of the molecule is Cc1cc2ncc(-c3ccc4cc(CCN5CCC[C@H]5C)ccc4n3)c(C)n2n1.O=C(O)/C=C/C(=O)O. The molecule has 5 rings (SSSR count). The maximum absolute atomic E-state index is 9.55. The summed E-state index contributed by atoms with van der Waals surface area (Å²) in [4.78, 5) is 31.2. The van der Waals surface area contributed by atoms with Crippen molar-refractivity contribution in [3.8, 4) is 11.3 Å². The van der Waals surface area contributed by atoms with Crippen molar-refractivity contribution in [2.75, 3.05) is 13.1 Å². The summed E-state index contributed by atoms with van der Waals surface area (Å²) in [7, 11) is 0. The number of carbonyl (C=O) groups is 2. The molecule has 1 aliphatic heterocycles. The third-order valence-electron chi connectivity index (χ3n) is 6.62. The topological polar surface area (TPSA) is 121 Å². The quantitative estimate of drug-likeness (QED) is 0.375. The fourth-order valence-electron chi connectivity index (χ4n) is 4.64. The molecule has 4 heterocycles. The van der Waals surface area contributed by atoms with Crippen LogP contribution in [0.4, 0.5) is 0 Å². The van der Waals surface area contributed by atoms with Crippen LogP contribution < -0.4 is 0 Å². The molecule has 1 atom stereocenters. The second kappa shape index (κ2) is 11.3. The average molecular weight is 502 g/mol. The van der Waals surface area contributed by atoms with Crippen molar-refractivity contribution in [2.24, 2.45) is 0 Å². The molecule has 0 bridgehead atoms. The molecule has 192 valence electrons. The summed E-state index contributed by atoms with van der Waals surface area (Å²) < 4.78 is 1.90. The zero-order valence-corrected chi connectivity index (χ0v) is 21.3. The monoisotopic (exact) mass is 501 g/mol. The second-order valence-corrected chi connectivity index (χ2v) is 9.32. The molecule has 0 unspecified atom stereocenters. The molecule has 1 aromatic carbocycles. The summed E-state index contributed by atoms with van der Waals surface area (Å²) in [5.41, 5.74) is 7.29. The normalized spacial score (nSPS) is 15.8. The molecule has 0 amide bonds. The van der Waals surface area contributed by atoms with E-state index in [9.17, 15) is 9.59 Å². The van der Waals surface area contributed by atoms with Crippen LogP contribution in [0.2, 0.25) is 0 Å². The standard InChI is InChI=1S/C24H27N5.C4H4O4/c1-16-13-24-25-15-21(18(3)29(24)27-16)23-9-7-20-14-19(6-8-22(20)26-23)10-12-28-11-4-5-17(28)2;5-3(6)1-2-4(7)8/h6-9,13-15,17H,4-5,10-12H2,1-3H3;1-2H,(H,5,6)(H,7,8)/b;2-1+/t17-;/m1./s1. The molecule has 1 aliphatic rings. The van der Waals surface area contributed by atoms with E-state index in [-0.39, 0.29) is 0 Å². The predicted octanol–water partition coefficient (Wildman–Crippen LogP) is 4.30. The van der Waals surface area contributed by atoms with Crippen LogP contribution in [0.25, 0.3) is 27.8 Å². The van der Waals surface area contributed by atoms with Gasteiger partial charge in [0.25, 0.3) is 0 Å². The number of aromatic nitrogens is 4. The lowest BCUT2D eigenvalue weighted by atomic mass is 10.1. The van der Waals surface area contributed by atoms with E-state index in [0.29, 0.717) is 12.2 Å². The Morgan fingerprint density at radius 1 is 1.08 bits per heavy atom. The molecule has 0 aliphatic carbocycles. The summed E-state index contributed by atoms with van der Waals surface area (Å²) in [5, 5.41) is 21.4. The molecule has 1 fully saturated rings. The smallest absolute Gasteiger partial charge is 0.328 e. The van der Waals surface area contributed by atoms with Gasteiger partial charge in [0.1, 0.15) is 0 Å². The highest BCUT2D eigenvalue weighted by molar-refractivity contribution is 5.89. The minimum Gasteiger partial charge on any atom is -0.478 e. The summed E-state index contributed by atoms with van der Waals surface area (Å²) in [6, 6.07) is 13.7. The van der Waals surface area contributed by atoms with Gasteiger partial charge in [0.05, 0.1) is 22.6 Å². The van der Waals surface area contributed by atoms with E-state index >= 15 is 0 Å². The van der Waals surface area contributed by atoms with Crippen LogP contribution in [0.3, 0.4) is 0 Å². The van der Waals surface area contributed by atoms with E-state index < -0.39 is 11.9 Å². The Morgan fingerprint density at radius 2 is 1.84 bits per heavy atom. The number of carboxylic acids is 2. The first-order chi connectivity index (χ1) is 17.7. The minimum absolute atomic E-state index is 0.558. The number of hydrogen-bond acceptors (Lipinski definition) is 6. The zero-order chi connectivity index (χ0) is 26.5. The van der Waals surface area contributed by atoms with E-state index in [1.165, 1.54) is 30.3 Å². The van der Waals surface area contributed by atoms with Crippen LogP contribution in [0.15, 0.2) is 54.7 Å². The summed E-state index contributed by atoms with van der Waals surface area (Å²) >= 11 is 0. The van der Waals surface area contributed by atoms with Gasteiger partial charge in [0, 0.05) is 48.0 Å². The molecule has 9 heteroatoms. The van der Waals surface area contributed by atoms with Crippen LogP contribution in [-0.2, 0) is 16.0 Å². The number of pyridine rings is 1. The van der Waals surface area contributed by atoms with E-state index in [2.05, 4.69) is 59.2 Å². The first kappa shape index (κ1) is 26.0. The van der Waals surface area contributed by atoms with Gasteiger partial charge in [-0.15, -0.1) is 0 Å². The highest BCUT2D eigenvalue weighted by atomic mass is 16.4. The Morgan fingerprint density at radius 3 is 2.51 bits per heavy atom. The van der Waals surface area contributed by atoms with Crippen molar-refractivity contribution in [1.82, 2.24) is 24.5 Å². The van der Waals surface area contributed by atoms with E-state index in [0.717, 1.165) is 52.8 Å². The lowest BCUT2D eigenvalue weighted by Gasteiger charge is -2.20. The maximum atomic E-state index is 9.55. The number of nitrogens with zero attached hydrogens (tertiary/aromatic N) is 5. The number of likely N-dealkylation sites (tertiary alicyclic amines) is 1. The number of carboxylic acid groups (broad SMARTS) is 2. The third kappa shape index (κ3) is 6.37. The molecule has 0 spiro atoms. The maximum Gasteiger partial charge on any atom is 0.328 e. The van der Waals surface area contributed by atoms with Gasteiger partial charge >= 0.3 is 11.9 Å². The molecule has 2 N–H and O–H groups in total. The van der Waals surface area contributed by atoms with Crippen molar-refractivity contribution >= 4 is 28.5 Å². The summed E-state index contributed by atoms with van der Waals surface area (Å²) in [5.74, 6) is -2.51. The van der Waals surface area contributed by atoms with Gasteiger partial charge in [-0.3, -0.25) is 0 Å². The van der Waals surface area contributed by atoms with Crippen LogP contribution >= 0.6 is 0 Å². The number of hydrogen-bond donors (Lipinski definition) is 2. The lowest BCUT2D eigenvalue weighted by Crippen LogP contribution is -2.28. The van der Waals surface area contributed by atoms with E-state index in [1.807, 2.05) is 23.7 Å². The van der Waals surface area contributed by atoms with E-state index in [4.69, 9.17) is 15.2 Å². The molecule has 0 radical (unpaired) electrons. The first-order valence-corrected chi connectivity index (χ1v) is 12.3. The predicted molar refractivity (Wildman–Crippen MR) is 142 cm³/mol.